The first kappa shape index (κ1) is 21.5. The summed E-state index contributed by atoms with van der Waals surface area (Å²) >= 11 is 6.21. The lowest BCUT2D eigenvalue weighted by molar-refractivity contribution is 0.0497. The van der Waals surface area contributed by atoms with Gasteiger partial charge in [0.15, 0.2) is 0 Å². The molecular weight excluding hydrogens is 412 g/mol. The van der Waals surface area contributed by atoms with E-state index in [1.165, 1.54) is 0 Å². The van der Waals surface area contributed by atoms with Crippen LogP contribution in [0.3, 0.4) is 0 Å². The monoisotopic (exact) mass is 440 g/mol. The molecule has 3 aromatic rings. The van der Waals surface area contributed by atoms with Crippen LogP contribution in [0.25, 0.3) is 11.0 Å². The number of carbonyl (C=O) groups excluding carboxylic acids is 1. The molecule has 6 nitrogen and oxygen atoms in total. The highest BCUT2D eigenvalue weighted by molar-refractivity contribution is 6.30. The maximum absolute atomic E-state index is 12.1. The zero-order valence-electron chi connectivity index (χ0n) is 18.3. The van der Waals surface area contributed by atoms with Crippen LogP contribution in [0.4, 0.5) is 10.7 Å². The average Bonchev–Trinajstić information content (AvgIpc) is 3.06. The molecule has 7 heteroatoms. The number of benzene rings is 2. The van der Waals surface area contributed by atoms with Gasteiger partial charge in [0, 0.05) is 24.2 Å². The van der Waals surface area contributed by atoms with Crippen LogP contribution >= 0.6 is 11.6 Å². The van der Waals surface area contributed by atoms with E-state index in [2.05, 4.69) is 26.9 Å². The fourth-order valence-electron chi connectivity index (χ4n) is 3.98. The molecule has 0 unspecified atom stereocenters. The van der Waals surface area contributed by atoms with Gasteiger partial charge in [0.25, 0.3) is 0 Å². The quantitative estimate of drug-likeness (QED) is 0.603. The van der Waals surface area contributed by atoms with Gasteiger partial charge in [0.05, 0.1) is 17.6 Å². The van der Waals surface area contributed by atoms with Crippen LogP contribution in [0.15, 0.2) is 48.5 Å². The first-order valence-electron chi connectivity index (χ1n) is 10.7. The van der Waals surface area contributed by atoms with E-state index in [4.69, 9.17) is 21.3 Å². The lowest BCUT2D eigenvalue weighted by Crippen LogP contribution is -2.46. The van der Waals surface area contributed by atoms with E-state index in [9.17, 15) is 4.79 Å². The summed E-state index contributed by atoms with van der Waals surface area (Å²) in [6.07, 6.45) is 1.35. The van der Waals surface area contributed by atoms with Crippen LogP contribution in [0.1, 0.15) is 39.2 Å². The van der Waals surface area contributed by atoms with Crippen molar-refractivity contribution < 1.29 is 9.53 Å². The van der Waals surface area contributed by atoms with Gasteiger partial charge in [0.2, 0.25) is 5.95 Å². The zero-order valence-corrected chi connectivity index (χ0v) is 19.0. The second kappa shape index (κ2) is 8.79. The van der Waals surface area contributed by atoms with Crippen molar-refractivity contribution in [1.29, 1.82) is 0 Å². The van der Waals surface area contributed by atoms with Crippen LogP contribution in [0.5, 0.6) is 0 Å². The molecular formula is C24H29ClN4O2. The number of amides is 1. The number of piperidine rings is 1. The highest BCUT2D eigenvalue weighted by atomic mass is 35.5. The topological polar surface area (TPSA) is 59.4 Å². The zero-order chi connectivity index (χ0) is 22.0. The van der Waals surface area contributed by atoms with Crippen LogP contribution in [0.2, 0.25) is 5.02 Å². The van der Waals surface area contributed by atoms with Crippen molar-refractivity contribution in [3.63, 3.8) is 0 Å². The number of carbonyl (C=O) groups is 1. The predicted octanol–water partition coefficient (Wildman–Crippen LogP) is 5.23. The van der Waals surface area contributed by atoms with Crippen molar-refractivity contribution in [2.75, 3.05) is 18.0 Å². The SMILES string of the molecule is CC(C)(C)OC(=O)NC1CCN(c2nc3ccccc3n2Cc2cccc(Cl)c2)CC1. The van der Waals surface area contributed by atoms with Gasteiger partial charge < -0.3 is 19.5 Å². The van der Waals surface area contributed by atoms with Gasteiger partial charge in [-0.05, 0) is 63.4 Å². The highest BCUT2D eigenvalue weighted by Gasteiger charge is 2.26. The van der Waals surface area contributed by atoms with Gasteiger partial charge in [-0.2, -0.15) is 0 Å². The third-order valence-electron chi connectivity index (χ3n) is 5.36. The number of nitrogens with one attached hydrogen (secondary N) is 1. The van der Waals surface area contributed by atoms with Gasteiger partial charge in [-0.1, -0.05) is 35.9 Å². The second-order valence-corrected chi connectivity index (χ2v) is 9.46. The van der Waals surface area contributed by atoms with Crippen molar-refractivity contribution >= 4 is 34.7 Å². The van der Waals surface area contributed by atoms with Crippen LogP contribution in [0, 0.1) is 0 Å². The fourth-order valence-corrected chi connectivity index (χ4v) is 4.19. The molecule has 4 rings (SSSR count). The van der Waals surface area contributed by atoms with E-state index in [1.54, 1.807) is 0 Å². The minimum atomic E-state index is -0.490. The molecule has 1 aliphatic heterocycles. The molecule has 0 bridgehead atoms. The van der Waals surface area contributed by atoms with Crippen LogP contribution in [-0.4, -0.2) is 40.4 Å². The van der Waals surface area contributed by atoms with E-state index in [-0.39, 0.29) is 12.1 Å². The minimum Gasteiger partial charge on any atom is -0.444 e. The van der Waals surface area contributed by atoms with E-state index in [0.29, 0.717) is 6.54 Å². The summed E-state index contributed by atoms with van der Waals surface area (Å²) in [6.45, 7) is 7.96. The number of anilines is 1. The molecule has 2 heterocycles. The number of rotatable bonds is 4. The van der Waals surface area contributed by atoms with Crippen molar-refractivity contribution in [2.45, 2.75) is 51.8 Å². The Kier molecular flexibility index (Phi) is 6.10. The van der Waals surface area contributed by atoms with Crippen LogP contribution in [-0.2, 0) is 11.3 Å². The van der Waals surface area contributed by atoms with E-state index in [0.717, 1.165) is 53.5 Å². The lowest BCUT2D eigenvalue weighted by atomic mass is 10.1. The summed E-state index contributed by atoms with van der Waals surface area (Å²) in [5.74, 6) is 0.955. The lowest BCUT2D eigenvalue weighted by Gasteiger charge is -2.33. The number of imidazole rings is 1. The van der Waals surface area contributed by atoms with Gasteiger partial charge in [-0.25, -0.2) is 9.78 Å². The molecule has 0 saturated carbocycles. The Bertz CT molecular complexity index is 1060. The Morgan fingerprint density at radius 2 is 1.90 bits per heavy atom. The number of hydrogen-bond acceptors (Lipinski definition) is 4. The maximum atomic E-state index is 12.1. The number of alkyl carbamates (subject to hydrolysis) is 1. The van der Waals surface area contributed by atoms with Crippen molar-refractivity contribution in [2.24, 2.45) is 0 Å². The number of fused-ring (bicyclic) bond motifs is 1. The van der Waals surface area contributed by atoms with Crippen LogP contribution < -0.4 is 10.2 Å². The van der Waals surface area contributed by atoms with Gasteiger partial charge >= 0.3 is 6.09 Å². The number of halogens is 1. The first-order chi connectivity index (χ1) is 14.8. The third-order valence-corrected chi connectivity index (χ3v) is 5.60. The molecule has 2 aromatic carbocycles. The van der Waals surface area contributed by atoms with E-state index < -0.39 is 5.60 Å². The molecule has 1 saturated heterocycles. The molecule has 1 aromatic heterocycles. The van der Waals surface area contributed by atoms with Gasteiger partial charge in [-0.3, -0.25) is 0 Å². The summed E-state index contributed by atoms with van der Waals surface area (Å²) in [7, 11) is 0. The number of para-hydroxylation sites is 2. The average molecular weight is 441 g/mol. The summed E-state index contributed by atoms with van der Waals surface area (Å²) in [5.41, 5.74) is 2.73. The first-order valence-corrected chi connectivity index (χ1v) is 11.1. The summed E-state index contributed by atoms with van der Waals surface area (Å²) in [6, 6.07) is 16.3. The van der Waals surface area contributed by atoms with Crippen molar-refractivity contribution in [3.05, 3.63) is 59.1 Å². The molecule has 1 aliphatic rings. The summed E-state index contributed by atoms with van der Waals surface area (Å²) in [5, 5.41) is 3.74. The predicted molar refractivity (Wildman–Crippen MR) is 125 cm³/mol. The molecule has 0 radical (unpaired) electrons. The Morgan fingerprint density at radius 3 is 2.61 bits per heavy atom. The molecule has 0 atom stereocenters. The molecule has 0 spiro atoms. The summed E-state index contributed by atoms with van der Waals surface area (Å²) < 4.78 is 7.65. The van der Waals surface area contributed by atoms with E-state index >= 15 is 0 Å². The van der Waals surface area contributed by atoms with Crippen molar-refractivity contribution in [1.82, 2.24) is 14.9 Å². The number of nitrogens with zero attached hydrogens (tertiary/aromatic N) is 3. The normalized spacial score (nSPS) is 15.3. The van der Waals surface area contributed by atoms with Gasteiger partial charge in [0.1, 0.15) is 5.60 Å². The number of aromatic nitrogens is 2. The smallest absolute Gasteiger partial charge is 0.407 e. The second-order valence-electron chi connectivity index (χ2n) is 9.02. The largest absolute Gasteiger partial charge is 0.444 e. The standard InChI is InChI=1S/C24H29ClN4O2/c1-24(2,3)31-23(30)26-19-11-13-28(14-12-19)22-27-20-9-4-5-10-21(20)29(22)16-17-7-6-8-18(25)15-17/h4-10,15,19H,11-14,16H2,1-3H3,(H,26,30). The van der Waals surface area contributed by atoms with Crippen molar-refractivity contribution in [3.8, 4) is 0 Å². The minimum absolute atomic E-state index is 0.108. The molecule has 164 valence electrons. The number of ether oxygens (including phenoxy) is 1. The molecule has 1 amide bonds. The van der Waals surface area contributed by atoms with E-state index in [1.807, 2.05) is 57.2 Å². The highest BCUT2D eigenvalue weighted by Crippen LogP contribution is 2.27. The Hall–Kier alpha value is -2.73. The Labute approximate surface area is 188 Å². The molecule has 31 heavy (non-hydrogen) atoms. The Morgan fingerprint density at radius 1 is 1.16 bits per heavy atom. The Balaban J connectivity index is 1.50. The molecule has 1 fully saturated rings. The van der Waals surface area contributed by atoms with Gasteiger partial charge in [-0.15, -0.1) is 0 Å². The fraction of sp³-hybridized carbons (Fsp3) is 0.417. The summed E-state index contributed by atoms with van der Waals surface area (Å²) in [4.78, 5) is 19.3. The molecule has 0 aliphatic carbocycles. The number of hydrogen-bond donors (Lipinski definition) is 1. The molecule has 1 N–H and O–H groups in total. The third kappa shape index (κ3) is 5.31. The maximum Gasteiger partial charge on any atom is 0.407 e.